The number of rotatable bonds is 11. The maximum Gasteiger partial charge on any atom is 0.317 e. The first-order valence-corrected chi connectivity index (χ1v) is 16.0. The van der Waals surface area contributed by atoms with Crippen LogP contribution in [0.3, 0.4) is 0 Å². The lowest BCUT2D eigenvalue weighted by Gasteiger charge is -2.56. The van der Waals surface area contributed by atoms with Gasteiger partial charge in [-0.05, 0) is 98.8 Å². The van der Waals surface area contributed by atoms with E-state index in [0.717, 1.165) is 17.4 Å². The molecule has 0 spiro atoms. The predicted molar refractivity (Wildman–Crippen MR) is 165 cm³/mol. The van der Waals surface area contributed by atoms with Crippen molar-refractivity contribution in [2.75, 3.05) is 14.2 Å². The number of aliphatic carboxylic acids is 2. The Balaban J connectivity index is 1.30. The zero-order valence-electron chi connectivity index (χ0n) is 24.1. The van der Waals surface area contributed by atoms with Gasteiger partial charge in [-0.2, -0.15) is 0 Å². The molecule has 2 N–H and O–H groups in total. The highest BCUT2D eigenvalue weighted by atomic mass is 32.2. The van der Waals surface area contributed by atoms with Gasteiger partial charge in [0.2, 0.25) is 0 Å². The molecule has 4 aliphatic carbocycles. The molecule has 4 bridgehead atoms. The standard InChI is InChI=1S/C32H35NO8S2/c1-39-22-11-19(12-23(14-22)40-2)25-13-18(4-3-5-24(30(35)36)31(37)38)26(41-25)15-27-29(34)33(32(42)43-27)28-20-7-16-6-17(9-20)10-21(28)8-16/h11-17,20-21,24,28H,3-10H2,1-2H3,(H,35,36)(H,37,38). The van der Waals surface area contributed by atoms with Crippen molar-refractivity contribution in [2.45, 2.75) is 57.4 Å². The van der Waals surface area contributed by atoms with Crippen molar-refractivity contribution in [1.29, 1.82) is 0 Å². The topological polar surface area (TPSA) is 127 Å². The molecular formula is C32H35NO8S2. The minimum atomic E-state index is -1.49. The number of thiocarbonyl (C=S) groups is 1. The van der Waals surface area contributed by atoms with Crippen molar-refractivity contribution >= 4 is 52.2 Å². The summed E-state index contributed by atoms with van der Waals surface area (Å²) in [6.07, 6.45) is 8.41. The Morgan fingerprint density at radius 3 is 2.19 bits per heavy atom. The summed E-state index contributed by atoms with van der Waals surface area (Å²) in [6.45, 7) is 0. The lowest BCUT2D eigenvalue weighted by Crippen LogP contribution is -2.57. The fraction of sp³-hybridized carbons (Fsp3) is 0.500. The van der Waals surface area contributed by atoms with Crippen LogP contribution < -0.4 is 9.47 Å². The average Bonchev–Trinajstić information content (AvgIpc) is 3.49. The van der Waals surface area contributed by atoms with Crippen LogP contribution in [-0.4, -0.2) is 57.5 Å². The third-order valence-electron chi connectivity index (χ3n) is 9.57. The number of carbonyl (C=O) groups excluding carboxylic acids is 1. The van der Waals surface area contributed by atoms with E-state index in [2.05, 4.69) is 0 Å². The van der Waals surface area contributed by atoms with Crippen LogP contribution in [0.25, 0.3) is 17.4 Å². The van der Waals surface area contributed by atoms with Crippen molar-refractivity contribution in [2.24, 2.45) is 29.6 Å². The monoisotopic (exact) mass is 625 g/mol. The van der Waals surface area contributed by atoms with Crippen LogP contribution >= 0.6 is 24.0 Å². The number of hydrogen-bond donors (Lipinski definition) is 2. The van der Waals surface area contributed by atoms with Crippen LogP contribution in [0.1, 0.15) is 56.3 Å². The average molecular weight is 626 g/mol. The fourth-order valence-corrected chi connectivity index (χ4v) is 9.19. The molecule has 5 aliphatic rings. The molecule has 4 saturated carbocycles. The van der Waals surface area contributed by atoms with E-state index in [-0.39, 0.29) is 18.4 Å². The number of thioether (sulfide) groups is 1. The highest BCUT2D eigenvalue weighted by Gasteiger charge is 2.53. The Hall–Kier alpha value is -3.31. The van der Waals surface area contributed by atoms with Crippen LogP contribution in [0.15, 0.2) is 33.6 Å². The van der Waals surface area contributed by atoms with Gasteiger partial charge in [-0.1, -0.05) is 24.0 Å². The third kappa shape index (κ3) is 5.81. The summed E-state index contributed by atoms with van der Waals surface area (Å²) in [7, 11) is 3.12. The summed E-state index contributed by atoms with van der Waals surface area (Å²) in [5, 5.41) is 18.6. The molecular weight excluding hydrogens is 590 g/mol. The van der Waals surface area contributed by atoms with Gasteiger partial charge in [-0.3, -0.25) is 19.3 Å². The highest BCUT2D eigenvalue weighted by Crippen LogP contribution is 2.56. The molecule has 43 heavy (non-hydrogen) atoms. The van der Waals surface area contributed by atoms with E-state index in [9.17, 15) is 24.6 Å². The predicted octanol–water partition coefficient (Wildman–Crippen LogP) is 6.10. The van der Waals surface area contributed by atoms with Crippen molar-refractivity contribution in [1.82, 2.24) is 4.90 Å². The third-order valence-corrected chi connectivity index (χ3v) is 10.9. The van der Waals surface area contributed by atoms with E-state index in [1.807, 2.05) is 23.1 Å². The highest BCUT2D eigenvalue weighted by molar-refractivity contribution is 8.26. The SMILES string of the molecule is COc1cc(OC)cc(-c2cc(CCCC(C(=O)O)C(=O)O)c(C=C3SC(=S)N(C4C5CC6CC(C5)CC4C6)C3=O)o2)c1. The lowest BCUT2D eigenvalue weighted by atomic mass is 9.54. The Kier molecular flexibility index (Phi) is 8.30. The van der Waals surface area contributed by atoms with Gasteiger partial charge >= 0.3 is 11.9 Å². The quantitative estimate of drug-likeness (QED) is 0.172. The van der Waals surface area contributed by atoms with Crippen molar-refractivity contribution in [3.05, 3.63) is 40.5 Å². The molecule has 0 atom stereocenters. The molecule has 0 unspecified atom stereocenters. The number of methoxy groups -OCH3 is 2. The van der Waals surface area contributed by atoms with E-state index >= 15 is 0 Å². The number of furan rings is 1. The first-order valence-electron chi connectivity index (χ1n) is 14.7. The fourth-order valence-electron chi connectivity index (χ4n) is 7.88. The Morgan fingerprint density at radius 2 is 1.63 bits per heavy atom. The summed E-state index contributed by atoms with van der Waals surface area (Å²) < 4.78 is 17.8. The largest absolute Gasteiger partial charge is 0.497 e. The molecule has 228 valence electrons. The van der Waals surface area contributed by atoms with E-state index in [4.69, 9.17) is 26.1 Å². The molecule has 5 fully saturated rings. The molecule has 7 rings (SSSR count). The number of carboxylic acids is 2. The minimum absolute atomic E-state index is 0.0356. The second kappa shape index (κ2) is 12.0. The van der Waals surface area contributed by atoms with Crippen LogP contribution in [-0.2, 0) is 20.8 Å². The second-order valence-electron chi connectivity index (χ2n) is 12.2. The lowest BCUT2D eigenvalue weighted by molar-refractivity contribution is -0.154. The molecule has 2 heterocycles. The number of carbonyl (C=O) groups is 3. The minimum Gasteiger partial charge on any atom is -0.497 e. The molecule has 1 amide bonds. The number of aryl methyl sites for hydroxylation is 1. The van der Waals surface area contributed by atoms with Crippen LogP contribution in [0.4, 0.5) is 0 Å². The van der Waals surface area contributed by atoms with E-state index in [0.29, 0.717) is 62.5 Å². The first-order chi connectivity index (χ1) is 20.6. The van der Waals surface area contributed by atoms with Gasteiger partial charge < -0.3 is 24.1 Å². The molecule has 1 aliphatic heterocycles. The molecule has 11 heteroatoms. The van der Waals surface area contributed by atoms with Crippen LogP contribution in [0, 0.1) is 29.6 Å². The van der Waals surface area contributed by atoms with Gasteiger partial charge in [-0.15, -0.1) is 0 Å². The summed E-state index contributed by atoms with van der Waals surface area (Å²) in [4.78, 5) is 39.1. The number of hydrogen-bond acceptors (Lipinski definition) is 8. The van der Waals surface area contributed by atoms with Gasteiger partial charge in [0, 0.05) is 23.7 Å². The number of amides is 1. The van der Waals surface area contributed by atoms with Crippen LogP contribution in [0.5, 0.6) is 11.5 Å². The van der Waals surface area contributed by atoms with E-state index < -0.39 is 17.9 Å². The molecule has 1 aromatic carbocycles. The van der Waals surface area contributed by atoms with Crippen molar-refractivity contribution < 1.29 is 38.5 Å². The summed E-state index contributed by atoms with van der Waals surface area (Å²) in [5.74, 6) is 0.412. The normalized spacial score (nSPS) is 27.0. The Morgan fingerprint density at radius 1 is 1.02 bits per heavy atom. The maximum absolute atomic E-state index is 13.9. The number of nitrogens with zero attached hydrogens (tertiary/aromatic N) is 1. The van der Waals surface area contributed by atoms with Crippen LogP contribution in [0.2, 0.25) is 0 Å². The number of benzene rings is 1. The van der Waals surface area contributed by atoms with Crippen molar-refractivity contribution in [3.8, 4) is 22.8 Å². The van der Waals surface area contributed by atoms with Gasteiger partial charge in [0.25, 0.3) is 5.91 Å². The summed E-state index contributed by atoms with van der Waals surface area (Å²) in [6, 6.07) is 7.37. The van der Waals surface area contributed by atoms with Gasteiger partial charge in [-0.25, -0.2) is 0 Å². The molecule has 2 aromatic rings. The zero-order chi connectivity index (χ0) is 30.4. The first kappa shape index (κ1) is 29.7. The molecule has 9 nitrogen and oxygen atoms in total. The number of ether oxygens (including phenoxy) is 2. The van der Waals surface area contributed by atoms with E-state index in [1.165, 1.54) is 43.9 Å². The number of carboxylic acid groups (broad SMARTS) is 2. The smallest absolute Gasteiger partial charge is 0.317 e. The molecule has 1 saturated heterocycles. The Bertz CT molecular complexity index is 1430. The van der Waals surface area contributed by atoms with Gasteiger partial charge in [0.15, 0.2) is 5.92 Å². The zero-order valence-corrected chi connectivity index (χ0v) is 25.7. The maximum atomic E-state index is 13.9. The van der Waals surface area contributed by atoms with E-state index in [1.54, 1.807) is 26.4 Å². The summed E-state index contributed by atoms with van der Waals surface area (Å²) in [5.41, 5.74) is 1.44. The molecule has 1 aromatic heterocycles. The van der Waals surface area contributed by atoms with Gasteiger partial charge in [0.05, 0.1) is 19.1 Å². The Labute approximate surface area is 259 Å². The molecule has 0 radical (unpaired) electrons. The van der Waals surface area contributed by atoms with Crippen molar-refractivity contribution in [3.63, 3.8) is 0 Å². The summed E-state index contributed by atoms with van der Waals surface area (Å²) >= 11 is 7.08. The van der Waals surface area contributed by atoms with Gasteiger partial charge in [0.1, 0.15) is 27.3 Å². The second-order valence-corrected chi connectivity index (χ2v) is 13.9.